The van der Waals surface area contributed by atoms with Gasteiger partial charge < -0.3 is 10.5 Å². The van der Waals surface area contributed by atoms with Gasteiger partial charge in [-0.1, -0.05) is 43.3 Å². The van der Waals surface area contributed by atoms with Crippen LogP contribution in [0.3, 0.4) is 0 Å². The number of ether oxygens (including phenoxy) is 1. The first-order chi connectivity index (χ1) is 10.8. The fourth-order valence-corrected chi connectivity index (χ4v) is 2.37. The molecular formula is C19H26N2O2. The molecule has 1 amide bonds. The zero-order chi connectivity index (χ0) is 17.0. The van der Waals surface area contributed by atoms with Gasteiger partial charge in [-0.3, -0.25) is 4.90 Å². The molecule has 0 bridgehead atoms. The molecule has 0 fully saturated rings. The summed E-state index contributed by atoms with van der Waals surface area (Å²) in [6.45, 7) is 8.85. The Hall–Kier alpha value is -2.07. The third-order valence-corrected chi connectivity index (χ3v) is 3.71. The Labute approximate surface area is 138 Å². The van der Waals surface area contributed by atoms with Crippen LogP contribution >= 0.6 is 0 Å². The summed E-state index contributed by atoms with van der Waals surface area (Å²) in [6, 6.07) is 8.20. The lowest BCUT2D eigenvalue weighted by Gasteiger charge is -2.29. The van der Waals surface area contributed by atoms with Gasteiger partial charge >= 0.3 is 6.09 Å². The van der Waals surface area contributed by atoms with Crippen molar-refractivity contribution in [3.05, 3.63) is 53.6 Å². The van der Waals surface area contributed by atoms with E-state index in [9.17, 15) is 4.79 Å². The SMILES string of the molecule is C[C@@H](CN)c1ccc(C2=CC=CCN2C(=O)OC(C)(C)C)cc1. The van der Waals surface area contributed by atoms with E-state index in [-0.39, 0.29) is 6.09 Å². The molecule has 1 heterocycles. The van der Waals surface area contributed by atoms with Crippen molar-refractivity contribution in [3.8, 4) is 0 Å². The highest BCUT2D eigenvalue weighted by atomic mass is 16.6. The highest BCUT2D eigenvalue weighted by Gasteiger charge is 2.25. The molecule has 2 rings (SSSR count). The van der Waals surface area contributed by atoms with Crippen LogP contribution in [0.5, 0.6) is 0 Å². The smallest absolute Gasteiger partial charge is 0.415 e. The summed E-state index contributed by atoms with van der Waals surface area (Å²) in [5.74, 6) is 0.325. The Morgan fingerprint density at radius 3 is 2.52 bits per heavy atom. The molecule has 2 N–H and O–H groups in total. The minimum Gasteiger partial charge on any atom is -0.443 e. The van der Waals surface area contributed by atoms with E-state index >= 15 is 0 Å². The number of hydrogen-bond donors (Lipinski definition) is 1. The highest BCUT2D eigenvalue weighted by molar-refractivity contribution is 5.84. The molecule has 124 valence electrons. The summed E-state index contributed by atoms with van der Waals surface area (Å²) in [7, 11) is 0. The zero-order valence-electron chi connectivity index (χ0n) is 14.4. The second-order valence-corrected chi connectivity index (χ2v) is 6.83. The standard InChI is InChI=1S/C19H26N2O2/c1-14(13-20)15-8-10-16(11-9-15)17-7-5-6-12-21(17)18(22)23-19(2,3)4/h5-11,14H,12-13,20H2,1-4H3/t14-/m0/s1. The fourth-order valence-electron chi connectivity index (χ4n) is 2.37. The number of amides is 1. The Morgan fingerprint density at radius 1 is 1.30 bits per heavy atom. The van der Waals surface area contributed by atoms with E-state index in [1.165, 1.54) is 5.56 Å². The average molecular weight is 314 g/mol. The normalized spacial score (nSPS) is 16.0. The van der Waals surface area contributed by atoms with Crippen molar-refractivity contribution in [2.75, 3.05) is 13.1 Å². The molecule has 0 saturated heterocycles. The Kier molecular flexibility index (Phi) is 5.26. The van der Waals surface area contributed by atoms with Crippen LogP contribution in [-0.2, 0) is 4.74 Å². The van der Waals surface area contributed by atoms with Gasteiger partial charge in [-0.2, -0.15) is 0 Å². The second-order valence-electron chi connectivity index (χ2n) is 6.83. The molecule has 0 aliphatic carbocycles. The van der Waals surface area contributed by atoms with Crippen LogP contribution in [0.25, 0.3) is 5.70 Å². The lowest BCUT2D eigenvalue weighted by atomic mass is 9.98. The molecule has 0 radical (unpaired) electrons. The summed E-state index contributed by atoms with van der Waals surface area (Å²) in [6.07, 6.45) is 5.52. The largest absolute Gasteiger partial charge is 0.443 e. The maximum Gasteiger partial charge on any atom is 0.415 e. The molecular weight excluding hydrogens is 288 g/mol. The third-order valence-electron chi connectivity index (χ3n) is 3.71. The molecule has 4 nitrogen and oxygen atoms in total. The van der Waals surface area contributed by atoms with Crippen molar-refractivity contribution in [2.24, 2.45) is 5.73 Å². The number of rotatable bonds is 3. The van der Waals surface area contributed by atoms with Gasteiger partial charge in [0, 0.05) is 6.54 Å². The van der Waals surface area contributed by atoms with Gasteiger partial charge in [0.25, 0.3) is 0 Å². The maximum atomic E-state index is 12.4. The first kappa shape index (κ1) is 17.3. The van der Waals surface area contributed by atoms with E-state index in [2.05, 4.69) is 19.1 Å². The minimum absolute atomic E-state index is 0.325. The van der Waals surface area contributed by atoms with E-state index in [0.717, 1.165) is 11.3 Å². The lowest BCUT2D eigenvalue weighted by molar-refractivity contribution is 0.0367. The van der Waals surface area contributed by atoms with E-state index in [0.29, 0.717) is 19.0 Å². The highest BCUT2D eigenvalue weighted by Crippen LogP contribution is 2.26. The van der Waals surface area contributed by atoms with Crippen molar-refractivity contribution in [2.45, 2.75) is 39.2 Å². The molecule has 1 aromatic rings. The van der Waals surface area contributed by atoms with Crippen LogP contribution < -0.4 is 5.73 Å². The number of benzene rings is 1. The van der Waals surface area contributed by atoms with Crippen molar-refractivity contribution in [1.82, 2.24) is 4.90 Å². The molecule has 0 aromatic heterocycles. The minimum atomic E-state index is -0.510. The van der Waals surface area contributed by atoms with Gasteiger partial charge in [0.2, 0.25) is 0 Å². The van der Waals surface area contributed by atoms with Crippen LogP contribution in [0.1, 0.15) is 44.7 Å². The Morgan fingerprint density at radius 2 is 1.96 bits per heavy atom. The first-order valence-corrected chi connectivity index (χ1v) is 7.99. The zero-order valence-corrected chi connectivity index (χ0v) is 14.4. The number of nitrogens with zero attached hydrogens (tertiary/aromatic N) is 1. The summed E-state index contributed by atoms with van der Waals surface area (Å²) in [5.41, 5.74) is 8.26. The fraction of sp³-hybridized carbons (Fsp3) is 0.421. The third kappa shape index (κ3) is 4.45. The molecule has 0 spiro atoms. The van der Waals surface area contributed by atoms with Gasteiger partial charge in [0.1, 0.15) is 5.60 Å². The molecule has 0 saturated carbocycles. The molecule has 1 atom stereocenters. The van der Waals surface area contributed by atoms with Gasteiger partial charge in [-0.15, -0.1) is 0 Å². The number of allylic oxidation sites excluding steroid dienone is 2. The number of nitrogens with two attached hydrogens (primary N) is 1. The van der Waals surface area contributed by atoms with E-state index in [4.69, 9.17) is 10.5 Å². The van der Waals surface area contributed by atoms with Gasteiger partial charge in [-0.25, -0.2) is 4.79 Å². The van der Waals surface area contributed by atoms with E-state index in [1.807, 2.05) is 51.1 Å². The van der Waals surface area contributed by atoms with E-state index < -0.39 is 5.60 Å². The van der Waals surface area contributed by atoms with E-state index in [1.54, 1.807) is 4.90 Å². The summed E-state index contributed by atoms with van der Waals surface area (Å²) < 4.78 is 5.50. The second kappa shape index (κ2) is 7.01. The molecule has 1 aliphatic heterocycles. The molecule has 1 aromatic carbocycles. The quantitative estimate of drug-likeness (QED) is 0.920. The predicted octanol–water partition coefficient (Wildman–Crippen LogP) is 3.90. The van der Waals surface area contributed by atoms with Crippen LogP contribution in [0.15, 0.2) is 42.5 Å². The van der Waals surface area contributed by atoms with Crippen molar-refractivity contribution in [3.63, 3.8) is 0 Å². The predicted molar refractivity (Wildman–Crippen MR) is 94.0 cm³/mol. The van der Waals surface area contributed by atoms with Gasteiger partial charge in [0.15, 0.2) is 0 Å². The molecule has 0 unspecified atom stereocenters. The lowest BCUT2D eigenvalue weighted by Crippen LogP contribution is -2.36. The van der Waals surface area contributed by atoms with Crippen LogP contribution in [0.4, 0.5) is 4.79 Å². The molecule has 1 aliphatic rings. The maximum absolute atomic E-state index is 12.4. The number of carbonyl (C=O) groups is 1. The van der Waals surface area contributed by atoms with Crippen LogP contribution in [0.2, 0.25) is 0 Å². The average Bonchev–Trinajstić information content (AvgIpc) is 2.52. The molecule has 23 heavy (non-hydrogen) atoms. The van der Waals surface area contributed by atoms with Crippen molar-refractivity contribution < 1.29 is 9.53 Å². The topological polar surface area (TPSA) is 55.6 Å². The number of hydrogen-bond acceptors (Lipinski definition) is 3. The first-order valence-electron chi connectivity index (χ1n) is 7.99. The summed E-state index contributed by atoms with van der Waals surface area (Å²) in [4.78, 5) is 14.1. The summed E-state index contributed by atoms with van der Waals surface area (Å²) >= 11 is 0. The van der Waals surface area contributed by atoms with Crippen molar-refractivity contribution in [1.29, 1.82) is 0 Å². The number of carbonyl (C=O) groups excluding carboxylic acids is 1. The molecule has 4 heteroatoms. The van der Waals surface area contributed by atoms with Crippen LogP contribution in [-0.4, -0.2) is 29.7 Å². The van der Waals surface area contributed by atoms with Crippen molar-refractivity contribution >= 4 is 11.8 Å². The van der Waals surface area contributed by atoms with Gasteiger partial charge in [0.05, 0.1) is 5.70 Å². The monoisotopic (exact) mass is 314 g/mol. The summed E-state index contributed by atoms with van der Waals surface area (Å²) in [5, 5.41) is 0. The Bertz CT molecular complexity index is 609. The Balaban J connectivity index is 2.23. The van der Waals surface area contributed by atoms with Gasteiger partial charge in [-0.05, 0) is 50.4 Å². The van der Waals surface area contributed by atoms with Crippen LogP contribution in [0, 0.1) is 0 Å².